The molecule has 3 nitrogen and oxygen atoms in total. The van der Waals surface area contributed by atoms with Gasteiger partial charge in [0.2, 0.25) is 0 Å². The van der Waals surface area contributed by atoms with Crippen LogP contribution in [0.25, 0.3) is 0 Å². The summed E-state index contributed by atoms with van der Waals surface area (Å²) in [5, 5.41) is 0.657. The van der Waals surface area contributed by atoms with Crippen molar-refractivity contribution in [2.75, 3.05) is 32.4 Å². The second kappa shape index (κ2) is 5.25. The minimum atomic E-state index is 0.619. The molecule has 0 spiro atoms. The van der Waals surface area contributed by atoms with Crippen LogP contribution in [-0.4, -0.2) is 42.5 Å². The summed E-state index contributed by atoms with van der Waals surface area (Å²) in [6.07, 6.45) is 0. The van der Waals surface area contributed by atoms with Crippen LogP contribution < -0.4 is 5.73 Å². The van der Waals surface area contributed by atoms with Gasteiger partial charge in [0.25, 0.3) is 0 Å². The fourth-order valence-electron chi connectivity index (χ4n) is 2.19. The maximum atomic E-state index is 6.03. The summed E-state index contributed by atoms with van der Waals surface area (Å²) in [6, 6.07) is 6.54. The average molecular weight is 254 g/mol. The van der Waals surface area contributed by atoms with Gasteiger partial charge in [-0.05, 0) is 31.7 Å². The fraction of sp³-hybridized carbons (Fsp3) is 0.538. The topological polar surface area (TPSA) is 32.5 Å². The molecule has 1 aromatic carbocycles. The maximum Gasteiger partial charge on any atom is 0.0638 e. The van der Waals surface area contributed by atoms with Crippen molar-refractivity contribution >= 4 is 17.3 Å². The minimum Gasteiger partial charge on any atom is -0.398 e. The lowest BCUT2D eigenvalue weighted by Crippen LogP contribution is -2.49. The molecule has 1 fully saturated rings. The summed E-state index contributed by atoms with van der Waals surface area (Å²) in [5.74, 6) is 0. The van der Waals surface area contributed by atoms with E-state index >= 15 is 0 Å². The Morgan fingerprint density at radius 1 is 1.41 bits per heavy atom. The first-order valence-electron chi connectivity index (χ1n) is 6.03. The first kappa shape index (κ1) is 12.7. The molecule has 1 unspecified atom stereocenters. The van der Waals surface area contributed by atoms with Crippen molar-refractivity contribution in [3.05, 3.63) is 28.8 Å². The quantitative estimate of drug-likeness (QED) is 0.819. The van der Waals surface area contributed by atoms with Gasteiger partial charge in [0.15, 0.2) is 0 Å². The van der Waals surface area contributed by atoms with Crippen molar-refractivity contribution in [2.24, 2.45) is 0 Å². The van der Waals surface area contributed by atoms with Crippen LogP contribution in [0, 0.1) is 0 Å². The highest BCUT2D eigenvalue weighted by molar-refractivity contribution is 6.33. The van der Waals surface area contributed by atoms with Gasteiger partial charge in [0, 0.05) is 32.2 Å². The van der Waals surface area contributed by atoms with E-state index in [-0.39, 0.29) is 0 Å². The molecule has 0 radical (unpaired) electrons. The molecule has 0 saturated carbocycles. The normalized spacial score (nSPS) is 22.9. The van der Waals surface area contributed by atoms with Crippen LogP contribution in [0.15, 0.2) is 18.2 Å². The molecule has 4 heteroatoms. The summed E-state index contributed by atoms with van der Waals surface area (Å²) in [6.45, 7) is 6.57. The first-order chi connectivity index (χ1) is 8.06. The highest BCUT2D eigenvalue weighted by Gasteiger charge is 2.20. The van der Waals surface area contributed by atoms with Crippen LogP contribution >= 0.6 is 11.6 Å². The van der Waals surface area contributed by atoms with Crippen molar-refractivity contribution in [1.29, 1.82) is 0 Å². The van der Waals surface area contributed by atoms with Gasteiger partial charge in [-0.15, -0.1) is 0 Å². The van der Waals surface area contributed by atoms with E-state index in [2.05, 4.69) is 29.8 Å². The van der Waals surface area contributed by atoms with Crippen LogP contribution in [0.2, 0.25) is 5.02 Å². The third-order valence-electron chi connectivity index (χ3n) is 3.51. The third-order valence-corrected chi connectivity index (χ3v) is 3.84. The smallest absolute Gasteiger partial charge is 0.0638 e. The number of hydrogen-bond donors (Lipinski definition) is 1. The predicted octanol–water partition coefficient (Wildman–Crippen LogP) is 2.06. The third kappa shape index (κ3) is 3.12. The van der Waals surface area contributed by atoms with E-state index in [9.17, 15) is 0 Å². The molecule has 2 N–H and O–H groups in total. The van der Waals surface area contributed by atoms with E-state index in [1.54, 1.807) is 0 Å². The molecule has 94 valence electrons. The van der Waals surface area contributed by atoms with Gasteiger partial charge in [-0.2, -0.15) is 0 Å². The lowest BCUT2D eigenvalue weighted by Gasteiger charge is -2.37. The Morgan fingerprint density at radius 3 is 2.82 bits per heavy atom. The van der Waals surface area contributed by atoms with Crippen molar-refractivity contribution in [1.82, 2.24) is 9.80 Å². The number of nitrogens with two attached hydrogens (primary N) is 1. The van der Waals surface area contributed by atoms with Crippen LogP contribution in [0.3, 0.4) is 0 Å². The van der Waals surface area contributed by atoms with Crippen LogP contribution in [0.4, 0.5) is 5.69 Å². The fourth-order valence-corrected chi connectivity index (χ4v) is 2.40. The highest BCUT2D eigenvalue weighted by Crippen LogP contribution is 2.21. The Balaban J connectivity index is 1.99. The molecule has 0 bridgehead atoms. The molecule has 1 atom stereocenters. The Hall–Kier alpha value is -0.770. The minimum absolute atomic E-state index is 0.619. The molecule has 2 rings (SSSR count). The molecule has 0 aliphatic carbocycles. The largest absolute Gasteiger partial charge is 0.398 e. The number of benzene rings is 1. The molecular weight excluding hydrogens is 234 g/mol. The predicted molar refractivity (Wildman–Crippen MR) is 73.2 cm³/mol. The number of hydrogen-bond acceptors (Lipinski definition) is 3. The molecule has 17 heavy (non-hydrogen) atoms. The molecule has 1 aliphatic rings. The van der Waals surface area contributed by atoms with Gasteiger partial charge in [-0.1, -0.05) is 17.7 Å². The van der Waals surface area contributed by atoms with Crippen LogP contribution in [-0.2, 0) is 6.54 Å². The van der Waals surface area contributed by atoms with Crippen molar-refractivity contribution in [3.63, 3.8) is 0 Å². The number of nitrogen functional groups attached to an aromatic ring is 1. The summed E-state index contributed by atoms with van der Waals surface area (Å²) >= 11 is 6.03. The number of piperazine rings is 1. The molecule has 0 aromatic heterocycles. The van der Waals surface area contributed by atoms with E-state index in [0.717, 1.165) is 26.2 Å². The number of anilines is 1. The van der Waals surface area contributed by atoms with Crippen LogP contribution in [0.1, 0.15) is 12.5 Å². The molecule has 0 amide bonds. The van der Waals surface area contributed by atoms with Crippen molar-refractivity contribution in [2.45, 2.75) is 19.5 Å². The molecule has 1 aliphatic heterocycles. The van der Waals surface area contributed by atoms with Crippen LogP contribution in [0.5, 0.6) is 0 Å². The lowest BCUT2D eigenvalue weighted by atomic mass is 10.1. The van der Waals surface area contributed by atoms with Gasteiger partial charge in [0.05, 0.1) is 10.7 Å². The number of likely N-dealkylation sites (N-methyl/N-ethyl adjacent to an activating group) is 1. The van der Waals surface area contributed by atoms with Crippen molar-refractivity contribution < 1.29 is 0 Å². The molecule has 1 aromatic rings. The second-order valence-electron chi connectivity index (χ2n) is 4.92. The van der Waals surface area contributed by atoms with Gasteiger partial charge in [0.1, 0.15) is 0 Å². The van der Waals surface area contributed by atoms with E-state index in [1.165, 1.54) is 5.56 Å². The van der Waals surface area contributed by atoms with Gasteiger partial charge in [-0.3, -0.25) is 4.90 Å². The van der Waals surface area contributed by atoms with Crippen molar-refractivity contribution in [3.8, 4) is 0 Å². The Labute approximate surface area is 108 Å². The summed E-state index contributed by atoms with van der Waals surface area (Å²) in [5.41, 5.74) is 7.60. The average Bonchev–Trinajstić information content (AvgIpc) is 2.29. The van der Waals surface area contributed by atoms with E-state index in [4.69, 9.17) is 17.3 Å². The zero-order chi connectivity index (χ0) is 12.4. The van der Waals surface area contributed by atoms with E-state index in [0.29, 0.717) is 16.8 Å². The van der Waals surface area contributed by atoms with E-state index in [1.807, 2.05) is 12.1 Å². The second-order valence-corrected chi connectivity index (χ2v) is 5.33. The number of halogens is 1. The number of nitrogens with zero attached hydrogens (tertiary/aromatic N) is 2. The molecule has 1 saturated heterocycles. The summed E-state index contributed by atoms with van der Waals surface area (Å²) < 4.78 is 0. The SMILES string of the molecule is CC1CN(Cc2ccc(N)c(Cl)c2)CCN1C. The Kier molecular flexibility index (Phi) is 3.92. The Morgan fingerprint density at radius 2 is 2.18 bits per heavy atom. The standard InChI is InChI=1S/C13H20ClN3/c1-10-8-17(6-5-16(10)2)9-11-3-4-13(15)12(14)7-11/h3-4,7,10H,5-6,8-9,15H2,1-2H3. The van der Waals surface area contributed by atoms with E-state index < -0.39 is 0 Å². The summed E-state index contributed by atoms with van der Waals surface area (Å²) in [7, 11) is 2.18. The zero-order valence-corrected chi connectivity index (χ0v) is 11.2. The zero-order valence-electron chi connectivity index (χ0n) is 10.5. The molecule has 1 heterocycles. The summed E-state index contributed by atoms with van der Waals surface area (Å²) in [4.78, 5) is 4.86. The highest BCUT2D eigenvalue weighted by atomic mass is 35.5. The van der Waals surface area contributed by atoms with Gasteiger partial charge >= 0.3 is 0 Å². The lowest BCUT2D eigenvalue weighted by molar-refractivity contribution is 0.1000. The maximum absolute atomic E-state index is 6.03. The van der Waals surface area contributed by atoms with Gasteiger partial charge in [-0.25, -0.2) is 0 Å². The number of rotatable bonds is 2. The molecular formula is C13H20ClN3. The first-order valence-corrected chi connectivity index (χ1v) is 6.40. The monoisotopic (exact) mass is 253 g/mol. The Bertz CT molecular complexity index is 394. The van der Waals surface area contributed by atoms with Gasteiger partial charge < -0.3 is 10.6 Å².